The fourth-order valence-corrected chi connectivity index (χ4v) is 2.40. The summed E-state index contributed by atoms with van der Waals surface area (Å²) in [5.41, 5.74) is 1.52. The summed E-state index contributed by atoms with van der Waals surface area (Å²) in [6, 6.07) is 12.3. The van der Waals surface area contributed by atoms with Crippen LogP contribution >= 0.6 is 11.6 Å². The molecule has 0 spiro atoms. The molecule has 3 rings (SSSR count). The summed E-state index contributed by atoms with van der Waals surface area (Å²) in [4.78, 5) is 12.2. The van der Waals surface area contributed by atoms with Crippen LogP contribution < -0.4 is 14.8 Å². The minimum atomic E-state index is -0.465. The summed E-state index contributed by atoms with van der Waals surface area (Å²) in [7, 11) is 3.12. The molecule has 26 heavy (non-hydrogen) atoms. The molecule has 0 bridgehead atoms. The number of hydrogen-bond acceptors (Lipinski definition) is 6. The average molecular weight is 374 g/mol. The second-order valence-corrected chi connectivity index (χ2v) is 5.73. The zero-order valence-corrected chi connectivity index (χ0v) is 14.9. The Kier molecular flexibility index (Phi) is 5.38. The molecule has 1 amide bonds. The highest BCUT2D eigenvalue weighted by molar-refractivity contribution is 6.30. The molecule has 0 aliphatic carbocycles. The van der Waals surface area contributed by atoms with E-state index in [1.807, 2.05) is 6.07 Å². The maximum atomic E-state index is 12.2. The van der Waals surface area contributed by atoms with Crippen molar-refractivity contribution in [2.75, 3.05) is 14.2 Å². The highest BCUT2D eigenvalue weighted by atomic mass is 35.5. The molecule has 2 aromatic carbocycles. The second-order valence-electron chi connectivity index (χ2n) is 5.29. The standard InChI is InChI=1S/C18H16ClN3O4/c1-24-14-8-3-11(9-15(14)25-2)10-20-16(23)18-22-21-17(26-18)12-4-6-13(19)7-5-12/h3-9H,10H2,1-2H3,(H,20,23). The van der Waals surface area contributed by atoms with Crippen molar-refractivity contribution in [1.29, 1.82) is 0 Å². The predicted molar refractivity (Wildman–Crippen MR) is 95.5 cm³/mol. The van der Waals surface area contributed by atoms with Gasteiger partial charge in [0.15, 0.2) is 11.5 Å². The largest absolute Gasteiger partial charge is 0.493 e. The Morgan fingerprint density at radius 3 is 2.50 bits per heavy atom. The molecule has 134 valence electrons. The molecule has 3 aromatic rings. The van der Waals surface area contributed by atoms with Gasteiger partial charge in [-0.15, -0.1) is 10.2 Å². The first-order valence-corrected chi connectivity index (χ1v) is 8.07. The van der Waals surface area contributed by atoms with E-state index in [9.17, 15) is 4.79 Å². The molecule has 0 saturated carbocycles. The van der Waals surface area contributed by atoms with E-state index in [0.29, 0.717) is 22.1 Å². The lowest BCUT2D eigenvalue weighted by Crippen LogP contribution is -2.23. The number of nitrogens with one attached hydrogen (secondary N) is 1. The Labute approximate surface area is 154 Å². The predicted octanol–water partition coefficient (Wildman–Crippen LogP) is 3.34. The monoisotopic (exact) mass is 373 g/mol. The van der Waals surface area contributed by atoms with Gasteiger partial charge < -0.3 is 19.2 Å². The fraction of sp³-hybridized carbons (Fsp3) is 0.167. The van der Waals surface area contributed by atoms with E-state index in [-0.39, 0.29) is 18.3 Å². The van der Waals surface area contributed by atoms with Crippen LogP contribution in [0.25, 0.3) is 11.5 Å². The lowest BCUT2D eigenvalue weighted by atomic mass is 10.2. The molecule has 7 nitrogen and oxygen atoms in total. The molecular formula is C18H16ClN3O4. The third-order valence-corrected chi connectivity index (χ3v) is 3.86. The third-order valence-electron chi connectivity index (χ3n) is 3.61. The number of nitrogens with zero attached hydrogens (tertiary/aromatic N) is 2. The van der Waals surface area contributed by atoms with Gasteiger partial charge in [-0.2, -0.15) is 0 Å². The van der Waals surface area contributed by atoms with Crippen molar-refractivity contribution in [1.82, 2.24) is 15.5 Å². The molecule has 1 N–H and O–H groups in total. The van der Waals surface area contributed by atoms with Crippen LogP contribution in [0.2, 0.25) is 5.02 Å². The van der Waals surface area contributed by atoms with Gasteiger partial charge in [0.25, 0.3) is 0 Å². The van der Waals surface area contributed by atoms with E-state index < -0.39 is 5.91 Å². The van der Waals surface area contributed by atoms with Crippen molar-refractivity contribution < 1.29 is 18.7 Å². The van der Waals surface area contributed by atoms with Crippen LogP contribution in [0.5, 0.6) is 11.5 Å². The Morgan fingerprint density at radius 1 is 1.08 bits per heavy atom. The van der Waals surface area contributed by atoms with Crippen molar-refractivity contribution in [3.63, 3.8) is 0 Å². The Morgan fingerprint density at radius 2 is 1.81 bits per heavy atom. The van der Waals surface area contributed by atoms with Crippen LogP contribution in [0.1, 0.15) is 16.2 Å². The maximum Gasteiger partial charge on any atom is 0.309 e. The van der Waals surface area contributed by atoms with Crippen LogP contribution in [0.3, 0.4) is 0 Å². The molecular weight excluding hydrogens is 358 g/mol. The van der Waals surface area contributed by atoms with E-state index >= 15 is 0 Å². The highest BCUT2D eigenvalue weighted by Gasteiger charge is 2.16. The minimum absolute atomic E-state index is 0.115. The first kappa shape index (κ1) is 17.8. The van der Waals surface area contributed by atoms with Crippen LogP contribution in [-0.4, -0.2) is 30.3 Å². The molecule has 0 unspecified atom stereocenters. The van der Waals surface area contributed by atoms with Gasteiger partial charge in [0, 0.05) is 17.1 Å². The number of amides is 1. The average Bonchev–Trinajstić information content (AvgIpc) is 3.16. The summed E-state index contributed by atoms with van der Waals surface area (Å²) in [6.07, 6.45) is 0. The van der Waals surface area contributed by atoms with Crippen molar-refractivity contribution in [2.24, 2.45) is 0 Å². The van der Waals surface area contributed by atoms with E-state index in [4.69, 9.17) is 25.5 Å². The lowest BCUT2D eigenvalue weighted by molar-refractivity contribution is 0.0917. The zero-order chi connectivity index (χ0) is 18.5. The second kappa shape index (κ2) is 7.88. The topological polar surface area (TPSA) is 86.5 Å². The SMILES string of the molecule is COc1ccc(CNC(=O)c2nnc(-c3ccc(Cl)cc3)o2)cc1OC. The van der Waals surface area contributed by atoms with Gasteiger partial charge >= 0.3 is 11.8 Å². The number of carbonyl (C=O) groups excluding carboxylic acids is 1. The van der Waals surface area contributed by atoms with Crippen LogP contribution in [0.4, 0.5) is 0 Å². The van der Waals surface area contributed by atoms with Crippen LogP contribution in [-0.2, 0) is 6.54 Å². The van der Waals surface area contributed by atoms with E-state index in [0.717, 1.165) is 5.56 Å². The zero-order valence-electron chi connectivity index (χ0n) is 14.2. The number of rotatable bonds is 6. The number of benzene rings is 2. The molecule has 1 heterocycles. The van der Waals surface area contributed by atoms with Crippen molar-refractivity contribution in [3.8, 4) is 23.0 Å². The maximum absolute atomic E-state index is 12.2. The number of carbonyl (C=O) groups is 1. The van der Waals surface area contributed by atoms with Crippen molar-refractivity contribution in [2.45, 2.75) is 6.54 Å². The Hall–Kier alpha value is -3.06. The van der Waals surface area contributed by atoms with E-state index in [1.165, 1.54) is 0 Å². The first-order chi connectivity index (χ1) is 12.6. The molecule has 0 fully saturated rings. The van der Waals surface area contributed by atoms with Gasteiger partial charge in [0.2, 0.25) is 5.89 Å². The molecule has 8 heteroatoms. The quantitative estimate of drug-likeness (QED) is 0.713. The summed E-state index contributed by atoms with van der Waals surface area (Å²) >= 11 is 5.85. The number of ether oxygens (including phenoxy) is 2. The molecule has 1 aromatic heterocycles. The number of halogens is 1. The molecule has 0 saturated heterocycles. The lowest BCUT2D eigenvalue weighted by Gasteiger charge is -2.09. The van der Waals surface area contributed by atoms with Gasteiger partial charge in [-0.05, 0) is 42.0 Å². The first-order valence-electron chi connectivity index (χ1n) is 7.69. The van der Waals surface area contributed by atoms with Gasteiger partial charge in [-0.1, -0.05) is 17.7 Å². The highest BCUT2D eigenvalue weighted by Crippen LogP contribution is 2.27. The van der Waals surface area contributed by atoms with Gasteiger partial charge in [0.05, 0.1) is 14.2 Å². The third kappa shape index (κ3) is 3.94. The summed E-state index contributed by atoms with van der Waals surface area (Å²) in [6.45, 7) is 0.276. The number of hydrogen-bond donors (Lipinski definition) is 1. The Bertz CT molecular complexity index is 909. The fourth-order valence-electron chi connectivity index (χ4n) is 2.27. The number of aromatic nitrogens is 2. The van der Waals surface area contributed by atoms with Crippen molar-refractivity contribution in [3.05, 3.63) is 58.9 Å². The van der Waals surface area contributed by atoms with Gasteiger partial charge in [-0.25, -0.2) is 0 Å². The molecule has 0 aliphatic heterocycles. The van der Waals surface area contributed by atoms with E-state index in [1.54, 1.807) is 50.6 Å². The molecule has 0 radical (unpaired) electrons. The normalized spacial score (nSPS) is 10.4. The summed E-state index contributed by atoms with van der Waals surface area (Å²) in [5.74, 6) is 0.870. The minimum Gasteiger partial charge on any atom is -0.493 e. The molecule has 0 atom stereocenters. The smallest absolute Gasteiger partial charge is 0.309 e. The summed E-state index contributed by atoms with van der Waals surface area (Å²) in [5, 5.41) is 11.0. The van der Waals surface area contributed by atoms with Gasteiger partial charge in [0.1, 0.15) is 0 Å². The van der Waals surface area contributed by atoms with Crippen LogP contribution in [0, 0.1) is 0 Å². The molecule has 0 aliphatic rings. The number of methoxy groups -OCH3 is 2. The van der Waals surface area contributed by atoms with Crippen LogP contribution in [0.15, 0.2) is 46.9 Å². The Balaban J connectivity index is 1.66. The van der Waals surface area contributed by atoms with Gasteiger partial charge in [-0.3, -0.25) is 4.79 Å². The van der Waals surface area contributed by atoms with E-state index in [2.05, 4.69) is 15.5 Å². The van der Waals surface area contributed by atoms with Crippen molar-refractivity contribution >= 4 is 17.5 Å². The summed E-state index contributed by atoms with van der Waals surface area (Å²) < 4.78 is 15.8.